The van der Waals surface area contributed by atoms with Gasteiger partial charge >= 0.3 is 6.03 Å². The lowest BCUT2D eigenvalue weighted by Gasteiger charge is -2.07. The van der Waals surface area contributed by atoms with Crippen LogP contribution in [-0.2, 0) is 11.3 Å². The van der Waals surface area contributed by atoms with E-state index < -0.39 is 0 Å². The van der Waals surface area contributed by atoms with Crippen LogP contribution in [-0.4, -0.2) is 25.5 Å². The smallest absolute Gasteiger partial charge is 0.315 e. The molecular formula is C12H17N3O2. The number of rotatable bonds is 7. The molecule has 0 aliphatic rings. The van der Waals surface area contributed by atoms with Crippen LogP contribution in [0.2, 0.25) is 0 Å². The summed E-state index contributed by atoms with van der Waals surface area (Å²) in [6, 6.07) is 9.51. The van der Waals surface area contributed by atoms with Gasteiger partial charge in [-0.3, -0.25) is 4.79 Å². The second-order valence-electron chi connectivity index (χ2n) is 3.52. The number of carbonyl (C=O) groups is 2. The van der Waals surface area contributed by atoms with E-state index in [1.807, 2.05) is 30.3 Å². The minimum Gasteiger partial charge on any atom is -0.359 e. The maximum Gasteiger partial charge on any atom is 0.315 e. The number of hydrogen-bond donors (Lipinski definition) is 3. The molecule has 0 saturated carbocycles. The average Bonchev–Trinajstić information content (AvgIpc) is 2.37. The van der Waals surface area contributed by atoms with Gasteiger partial charge in [0.2, 0.25) is 6.41 Å². The van der Waals surface area contributed by atoms with Crippen molar-refractivity contribution < 1.29 is 9.59 Å². The molecular weight excluding hydrogens is 218 g/mol. The van der Waals surface area contributed by atoms with Gasteiger partial charge in [0.1, 0.15) is 0 Å². The van der Waals surface area contributed by atoms with Gasteiger partial charge in [-0.15, -0.1) is 0 Å². The first-order chi connectivity index (χ1) is 8.33. The van der Waals surface area contributed by atoms with Crippen LogP contribution in [0.4, 0.5) is 4.79 Å². The van der Waals surface area contributed by atoms with Crippen LogP contribution in [0, 0.1) is 0 Å². The molecule has 0 fully saturated rings. The molecule has 17 heavy (non-hydrogen) atoms. The van der Waals surface area contributed by atoms with Crippen molar-refractivity contribution >= 4 is 12.4 Å². The molecule has 5 nitrogen and oxygen atoms in total. The summed E-state index contributed by atoms with van der Waals surface area (Å²) in [6.45, 7) is 1.63. The lowest BCUT2D eigenvalue weighted by Crippen LogP contribution is -2.36. The van der Waals surface area contributed by atoms with Crippen LogP contribution in [0.15, 0.2) is 30.3 Å². The fourth-order valence-electron chi connectivity index (χ4n) is 1.29. The third-order valence-electron chi connectivity index (χ3n) is 2.16. The van der Waals surface area contributed by atoms with E-state index in [9.17, 15) is 9.59 Å². The van der Waals surface area contributed by atoms with Crippen molar-refractivity contribution in [3.63, 3.8) is 0 Å². The standard InChI is InChI=1S/C12H17N3O2/c16-10-13-7-4-8-14-12(17)15-9-11-5-2-1-3-6-11/h1-3,5-6,10H,4,7-9H2,(H,13,16)(H2,14,15,17). The van der Waals surface area contributed by atoms with Crippen LogP contribution >= 0.6 is 0 Å². The van der Waals surface area contributed by atoms with Crippen LogP contribution in [0.3, 0.4) is 0 Å². The van der Waals surface area contributed by atoms with Gasteiger partial charge in [-0.2, -0.15) is 0 Å². The van der Waals surface area contributed by atoms with E-state index in [0.717, 1.165) is 12.0 Å². The molecule has 0 radical (unpaired) electrons. The molecule has 0 saturated heterocycles. The highest BCUT2D eigenvalue weighted by molar-refractivity contribution is 5.73. The third-order valence-corrected chi connectivity index (χ3v) is 2.16. The Hall–Kier alpha value is -2.04. The number of carbonyl (C=O) groups excluding carboxylic acids is 2. The van der Waals surface area contributed by atoms with E-state index in [1.54, 1.807) is 0 Å². The third kappa shape index (κ3) is 6.19. The summed E-state index contributed by atoms with van der Waals surface area (Å²) < 4.78 is 0. The number of amides is 3. The van der Waals surface area contributed by atoms with Gasteiger partial charge < -0.3 is 16.0 Å². The fourth-order valence-corrected chi connectivity index (χ4v) is 1.29. The molecule has 1 aromatic carbocycles. The summed E-state index contributed by atoms with van der Waals surface area (Å²) >= 11 is 0. The predicted octanol–water partition coefficient (Wildman–Crippen LogP) is 0.622. The second kappa shape index (κ2) is 8.15. The van der Waals surface area contributed by atoms with E-state index in [1.165, 1.54) is 0 Å². The molecule has 92 valence electrons. The lowest BCUT2D eigenvalue weighted by atomic mass is 10.2. The molecule has 3 amide bonds. The summed E-state index contributed by atoms with van der Waals surface area (Å²) in [5.41, 5.74) is 1.06. The van der Waals surface area contributed by atoms with E-state index in [0.29, 0.717) is 26.0 Å². The first kappa shape index (κ1) is 13.0. The maximum atomic E-state index is 11.3. The summed E-state index contributed by atoms with van der Waals surface area (Å²) in [5, 5.41) is 7.98. The largest absolute Gasteiger partial charge is 0.359 e. The van der Waals surface area contributed by atoms with Gasteiger partial charge in [-0.25, -0.2) is 4.79 Å². The Morgan fingerprint density at radius 2 is 1.88 bits per heavy atom. The highest BCUT2D eigenvalue weighted by Gasteiger charge is 1.98. The van der Waals surface area contributed by atoms with Crippen LogP contribution < -0.4 is 16.0 Å². The van der Waals surface area contributed by atoms with Crippen molar-refractivity contribution in [1.29, 1.82) is 0 Å². The minimum absolute atomic E-state index is 0.194. The predicted molar refractivity (Wildman–Crippen MR) is 65.4 cm³/mol. The summed E-state index contributed by atoms with van der Waals surface area (Å²) in [6.07, 6.45) is 1.37. The molecule has 0 atom stereocenters. The first-order valence-electron chi connectivity index (χ1n) is 5.55. The molecule has 5 heteroatoms. The zero-order chi connectivity index (χ0) is 12.3. The summed E-state index contributed by atoms with van der Waals surface area (Å²) in [4.78, 5) is 21.3. The van der Waals surface area contributed by atoms with Gasteiger partial charge in [0, 0.05) is 19.6 Å². The number of nitrogens with one attached hydrogen (secondary N) is 3. The van der Waals surface area contributed by atoms with Gasteiger partial charge in [0.05, 0.1) is 0 Å². The van der Waals surface area contributed by atoms with Crippen molar-refractivity contribution in [3.05, 3.63) is 35.9 Å². The van der Waals surface area contributed by atoms with E-state index in [2.05, 4.69) is 16.0 Å². The van der Waals surface area contributed by atoms with Gasteiger partial charge in [0.25, 0.3) is 0 Å². The second-order valence-corrected chi connectivity index (χ2v) is 3.52. The highest BCUT2D eigenvalue weighted by Crippen LogP contribution is 1.96. The number of urea groups is 1. The molecule has 0 aliphatic heterocycles. The molecule has 1 rings (SSSR count). The van der Waals surface area contributed by atoms with E-state index in [-0.39, 0.29) is 6.03 Å². The molecule has 3 N–H and O–H groups in total. The molecule has 0 spiro atoms. The van der Waals surface area contributed by atoms with Crippen LogP contribution in [0.5, 0.6) is 0 Å². The summed E-state index contributed by atoms with van der Waals surface area (Å²) in [7, 11) is 0. The Labute approximate surface area is 101 Å². The van der Waals surface area contributed by atoms with Gasteiger partial charge in [0.15, 0.2) is 0 Å². The maximum absolute atomic E-state index is 11.3. The molecule has 0 heterocycles. The normalized spacial score (nSPS) is 9.41. The first-order valence-corrected chi connectivity index (χ1v) is 5.55. The van der Waals surface area contributed by atoms with Gasteiger partial charge in [-0.05, 0) is 12.0 Å². The Balaban J connectivity index is 2.07. The zero-order valence-electron chi connectivity index (χ0n) is 9.61. The average molecular weight is 235 g/mol. The Kier molecular flexibility index (Phi) is 6.25. The van der Waals surface area contributed by atoms with Crippen molar-refractivity contribution in [2.75, 3.05) is 13.1 Å². The van der Waals surface area contributed by atoms with Crippen LogP contribution in [0.25, 0.3) is 0 Å². The Morgan fingerprint density at radius 1 is 1.12 bits per heavy atom. The molecule has 0 aliphatic carbocycles. The fraction of sp³-hybridized carbons (Fsp3) is 0.333. The van der Waals surface area contributed by atoms with Crippen molar-refractivity contribution in [2.45, 2.75) is 13.0 Å². The molecule has 1 aromatic rings. The van der Waals surface area contributed by atoms with Crippen molar-refractivity contribution in [2.24, 2.45) is 0 Å². The summed E-state index contributed by atoms with van der Waals surface area (Å²) in [5.74, 6) is 0. The zero-order valence-corrected chi connectivity index (χ0v) is 9.61. The number of benzene rings is 1. The highest BCUT2D eigenvalue weighted by atomic mass is 16.2. The van der Waals surface area contributed by atoms with Crippen molar-refractivity contribution in [1.82, 2.24) is 16.0 Å². The molecule has 0 unspecified atom stereocenters. The lowest BCUT2D eigenvalue weighted by molar-refractivity contribution is -0.109. The van der Waals surface area contributed by atoms with Crippen LogP contribution in [0.1, 0.15) is 12.0 Å². The van der Waals surface area contributed by atoms with Gasteiger partial charge in [-0.1, -0.05) is 30.3 Å². The SMILES string of the molecule is O=CNCCCNC(=O)NCc1ccccc1. The topological polar surface area (TPSA) is 70.2 Å². The monoisotopic (exact) mass is 235 g/mol. The van der Waals surface area contributed by atoms with E-state index in [4.69, 9.17) is 0 Å². The molecule has 0 bridgehead atoms. The Bertz CT molecular complexity index is 341. The quantitative estimate of drug-likeness (QED) is 0.479. The van der Waals surface area contributed by atoms with Crippen molar-refractivity contribution in [3.8, 4) is 0 Å². The molecule has 0 aromatic heterocycles. The Morgan fingerprint density at radius 3 is 2.59 bits per heavy atom. The number of hydrogen-bond acceptors (Lipinski definition) is 2. The van der Waals surface area contributed by atoms with E-state index >= 15 is 0 Å². The minimum atomic E-state index is -0.194.